The molecule has 2 unspecified atom stereocenters. The first kappa shape index (κ1) is 22.6. The van der Waals surface area contributed by atoms with E-state index in [-0.39, 0.29) is 11.3 Å². The number of carbonyl (C=O) groups excluding carboxylic acids is 5. The van der Waals surface area contributed by atoms with Gasteiger partial charge in [0.05, 0.1) is 17.6 Å². The first-order valence-corrected chi connectivity index (χ1v) is 11.6. The van der Waals surface area contributed by atoms with Gasteiger partial charge in [-0.15, -0.1) is 11.3 Å². The first-order chi connectivity index (χ1) is 16.0. The molecule has 1 aromatic heterocycles. The number of ketones is 4. The Balaban J connectivity index is 1.67. The van der Waals surface area contributed by atoms with Gasteiger partial charge in [0.15, 0.2) is 34.7 Å². The average Bonchev–Trinajstić information content (AvgIpc) is 3.31. The van der Waals surface area contributed by atoms with Crippen LogP contribution in [-0.2, 0) is 19.2 Å². The van der Waals surface area contributed by atoms with E-state index in [9.17, 15) is 39.3 Å². The van der Waals surface area contributed by atoms with Gasteiger partial charge >= 0.3 is 0 Å². The minimum atomic E-state index is -2.91. The van der Waals surface area contributed by atoms with Crippen molar-refractivity contribution in [3.05, 3.63) is 40.8 Å². The molecule has 5 N–H and O–H groups in total. The Labute approximate surface area is 197 Å². The van der Waals surface area contributed by atoms with Gasteiger partial charge in [-0.25, -0.2) is 0 Å². The van der Waals surface area contributed by atoms with E-state index in [0.29, 0.717) is 16.0 Å². The van der Waals surface area contributed by atoms with Crippen LogP contribution in [0.25, 0.3) is 10.4 Å². The number of Topliss-reactive ketones (excluding diaryl/α,β-unsaturated/α-hetero) is 4. The lowest BCUT2D eigenvalue weighted by Crippen LogP contribution is -2.72. The maximum absolute atomic E-state index is 13.6. The Hall–Kier alpha value is -3.21. The fourth-order valence-corrected chi connectivity index (χ4v) is 6.74. The molecule has 9 nitrogen and oxygen atoms in total. The molecule has 10 heteroatoms. The molecule has 0 saturated heterocycles. The molecule has 0 aliphatic heterocycles. The zero-order valence-electron chi connectivity index (χ0n) is 17.9. The molecule has 3 aliphatic carbocycles. The lowest BCUT2D eigenvalue weighted by molar-refractivity contribution is -0.189. The van der Waals surface area contributed by atoms with Crippen molar-refractivity contribution in [2.24, 2.45) is 29.4 Å². The number of rotatable bonds is 2. The summed E-state index contributed by atoms with van der Waals surface area (Å²) >= 11 is 1.35. The molecule has 1 amide bonds. The molecule has 176 valence electrons. The Kier molecular flexibility index (Phi) is 4.91. The number of thiophene rings is 1. The molecular formula is C24H21NO8S. The minimum absolute atomic E-state index is 0.104. The van der Waals surface area contributed by atoms with Gasteiger partial charge in [0.25, 0.3) is 0 Å². The molecule has 0 bridgehead atoms. The van der Waals surface area contributed by atoms with E-state index in [1.807, 2.05) is 0 Å². The van der Waals surface area contributed by atoms with Crippen molar-refractivity contribution in [1.29, 1.82) is 0 Å². The summed E-state index contributed by atoms with van der Waals surface area (Å²) in [6, 6.07) is 6.85. The van der Waals surface area contributed by atoms with Crippen LogP contribution in [0.4, 0.5) is 0 Å². The molecule has 2 aromatic rings. The van der Waals surface area contributed by atoms with Gasteiger partial charge in [-0.3, -0.25) is 24.0 Å². The van der Waals surface area contributed by atoms with Crippen molar-refractivity contribution in [2.45, 2.75) is 31.0 Å². The monoisotopic (exact) mass is 483 g/mol. The van der Waals surface area contributed by atoms with Crippen LogP contribution in [0.1, 0.15) is 35.2 Å². The Morgan fingerprint density at radius 3 is 2.47 bits per heavy atom. The second-order valence-electron chi connectivity index (χ2n) is 9.21. The number of benzene rings is 1. The number of amides is 1. The standard InChI is InChI=1S/C24H21NO8S/c1-8-9-4-5-10(13-3-2-6-34-13)18(27)15(9)20(29)17-14(8)19(28)11-7-12(26)16(23(25)32)21(30)24(11,33)22(17)31/h2-6,8,11,14,16-17,19,27-28,33H,7H2,1H3,(H2,25,32)/t8-,11+,14+,16?,17?,19+,24+/m0/s1. The lowest BCUT2D eigenvalue weighted by Gasteiger charge is -2.52. The predicted octanol–water partition coefficient (Wildman–Crippen LogP) is 0.587. The summed E-state index contributed by atoms with van der Waals surface area (Å²) < 4.78 is 0. The molecule has 34 heavy (non-hydrogen) atoms. The predicted molar refractivity (Wildman–Crippen MR) is 118 cm³/mol. The molecule has 3 aliphatic rings. The highest BCUT2D eigenvalue weighted by Crippen LogP contribution is 2.54. The van der Waals surface area contributed by atoms with Crippen LogP contribution >= 0.6 is 11.3 Å². The average molecular weight is 483 g/mol. The van der Waals surface area contributed by atoms with Crippen molar-refractivity contribution >= 4 is 40.4 Å². The lowest BCUT2D eigenvalue weighted by atomic mass is 9.50. The number of phenols is 1. The second kappa shape index (κ2) is 7.39. The van der Waals surface area contributed by atoms with E-state index in [1.165, 1.54) is 11.3 Å². The van der Waals surface area contributed by atoms with Crippen molar-refractivity contribution in [2.75, 3.05) is 0 Å². The number of aliphatic hydroxyl groups is 2. The second-order valence-corrected chi connectivity index (χ2v) is 10.2. The summed E-state index contributed by atoms with van der Waals surface area (Å²) in [5.41, 5.74) is 2.96. The van der Waals surface area contributed by atoms with Gasteiger partial charge in [0, 0.05) is 28.7 Å². The number of hydrogen-bond donors (Lipinski definition) is 4. The van der Waals surface area contributed by atoms with E-state index >= 15 is 0 Å². The summed E-state index contributed by atoms with van der Waals surface area (Å²) in [5.74, 6) is -12.8. The van der Waals surface area contributed by atoms with E-state index < -0.39 is 76.8 Å². The number of hydrogen-bond acceptors (Lipinski definition) is 9. The molecule has 1 heterocycles. The zero-order chi connectivity index (χ0) is 24.7. The number of aromatic hydroxyl groups is 1. The molecule has 5 rings (SSSR count). The number of aliphatic hydroxyl groups excluding tert-OH is 1. The topological polar surface area (TPSA) is 172 Å². The third kappa shape index (κ3) is 2.70. The summed E-state index contributed by atoms with van der Waals surface area (Å²) in [6.07, 6.45) is -2.18. The van der Waals surface area contributed by atoms with Crippen LogP contribution in [0.3, 0.4) is 0 Å². The molecular weight excluding hydrogens is 462 g/mol. The molecule has 2 saturated carbocycles. The number of nitrogens with two attached hydrogens (primary N) is 1. The summed E-state index contributed by atoms with van der Waals surface area (Å²) in [6.45, 7) is 1.67. The van der Waals surface area contributed by atoms with Crippen LogP contribution in [0.15, 0.2) is 29.6 Å². The number of phenolic OH excluding ortho intramolecular Hbond substituents is 1. The highest BCUT2D eigenvalue weighted by atomic mass is 32.1. The zero-order valence-corrected chi connectivity index (χ0v) is 18.7. The van der Waals surface area contributed by atoms with Crippen LogP contribution in [0.2, 0.25) is 0 Å². The summed E-state index contributed by atoms with van der Waals surface area (Å²) in [4.78, 5) is 65.1. The van der Waals surface area contributed by atoms with Gasteiger partial charge < -0.3 is 21.1 Å². The van der Waals surface area contributed by atoms with Crippen LogP contribution < -0.4 is 5.73 Å². The van der Waals surface area contributed by atoms with E-state index in [2.05, 4.69) is 0 Å². The number of carbonyl (C=O) groups is 5. The molecule has 2 fully saturated rings. The first-order valence-electron chi connectivity index (χ1n) is 10.8. The molecule has 1 aromatic carbocycles. The van der Waals surface area contributed by atoms with E-state index in [1.54, 1.807) is 36.6 Å². The van der Waals surface area contributed by atoms with Crippen molar-refractivity contribution in [1.82, 2.24) is 0 Å². The summed E-state index contributed by atoms with van der Waals surface area (Å²) in [7, 11) is 0. The Morgan fingerprint density at radius 1 is 1.15 bits per heavy atom. The van der Waals surface area contributed by atoms with E-state index in [4.69, 9.17) is 5.73 Å². The third-order valence-corrected chi connectivity index (χ3v) is 8.55. The molecule has 0 radical (unpaired) electrons. The molecule has 7 atom stereocenters. The van der Waals surface area contributed by atoms with Crippen molar-refractivity contribution in [3.63, 3.8) is 0 Å². The Morgan fingerprint density at radius 2 is 1.85 bits per heavy atom. The summed E-state index contributed by atoms with van der Waals surface area (Å²) in [5, 5.41) is 35.3. The smallest absolute Gasteiger partial charge is 0.235 e. The maximum atomic E-state index is 13.6. The van der Waals surface area contributed by atoms with Gasteiger partial charge in [0.1, 0.15) is 5.75 Å². The maximum Gasteiger partial charge on any atom is 0.235 e. The normalized spacial score (nSPS) is 34.9. The van der Waals surface area contributed by atoms with Crippen molar-refractivity contribution < 1.29 is 39.3 Å². The van der Waals surface area contributed by atoms with E-state index in [0.717, 1.165) is 0 Å². The highest BCUT2D eigenvalue weighted by Gasteiger charge is 2.69. The van der Waals surface area contributed by atoms with Gasteiger partial charge in [-0.05, 0) is 29.0 Å². The molecule has 0 spiro atoms. The Bertz CT molecular complexity index is 1280. The van der Waals surface area contributed by atoms with Crippen molar-refractivity contribution in [3.8, 4) is 16.2 Å². The van der Waals surface area contributed by atoms with Gasteiger partial charge in [-0.1, -0.05) is 19.1 Å². The largest absolute Gasteiger partial charge is 0.506 e. The van der Waals surface area contributed by atoms with Crippen LogP contribution in [0.5, 0.6) is 5.75 Å². The fourth-order valence-electron chi connectivity index (χ4n) is 5.99. The number of fused-ring (bicyclic) bond motifs is 3. The van der Waals surface area contributed by atoms with Crippen LogP contribution in [-0.4, -0.2) is 56.1 Å². The van der Waals surface area contributed by atoms with Gasteiger partial charge in [-0.2, -0.15) is 0 Å². The third-order valence-electron chi connectivity index (χ3n) is 7.65. The SMILES string of the molecule is C[C@H]1c2ccc(-c3cccs3)c(O)c2C(=O)C2C(=O)[C@]3(O)C(=O)C(C(N)=O)C(=O)C[C@@H]3[C@@H](O)[C@@H]21. The van der Waals surface area contributed by atoms with Gasteiger partial charge in [0.2, 0.25) is 5.91 Å². The van der Waals surface area contributed by atoms with Crippen LogP contribution in [0, 0.1) is 23.7 Å². The fraction of sp³-hybridized carbons (Fsp3) is 0.375. The minimum Gasteiger partial charge on any atom is -0.506 e. The highest BCUT2D eigenvalue weighted by molar-refractivity contribution is 7.13. The quantitative estimate of drug-likeness (QED) is 0.449. The number of primary amides is 1.